The van der Waals surface area contributed by atoms with Gasteiger partial charge < -0.3 is 15.4 Å². The Morgan fingerprint density at radius 1 is 1.20 bits per heavy atom. The number of ether oxygens (including phenoxy) is 1. The Bertz CT molecular complexity index is 729. The molecule has 0 aliphatic carbocycles. The molecule has 3 aliphatic heterocycles. The zero-order valence-electron chi connectivity index (χ0n) is 18.3. The molecule has 3 heterocycles. The summed E-state index contributed by atoms with van der Waals surface area (Å²) in [7, 11) is 4.06. The number of nitrogens with zero attached hydrogens (tertiary/aromatic N) is 3. The van der Waals surface area contributed by atoms with E-state index in [9.17, 15) is 0 Å². The van der Waals surface area contributed by atoms with E-state index in [2.05, 4.69) is 50.7 Å². The van der Waals surface area contributed by atoms with Crippen LogP contribution in [0, 0.1) is 5.92 Å². The van der Waals surface area contributed by atoms with Crippen LogP contribution in [0.3, 0.4) is 0 Å². The van der Waals surface area contributed by atoms with Gasteiger partial charge in [-0.1, -0.05) is 23.7 Å². The van der Waals surface area contributed by atoms with Crippen molar-refractivity contribution < 1.29 is 4.74 Å². The lowest BCUT2D eigenvalue weighted by molar-refractivity contribution is -0.0453. The minimum atomic E-state index is 0.234. The van der Waals surface area contributed by atoms with Gasteiger partial charge >= 0.3 is 0 Å². The smallest absolute Gasteiger partial charge is 0.191 e. The molecule has 4 atom stereocenters. The quantitative estimate of drug-likeness (QED) is 0.552. The van der Waals surface area contributed by atoms with Gasteiger partial charge in [-0.25, -0.2) is 0 Å². The summed E-state index contributed by atoms with van der Waals surface area (Å²) in [5.74, 6) is 1.37. The third-order valence-electron chi connectivity index (χ3n) is 6.91. The number of hydrogen-bond donors (Lipinski definition) is 2. The van der Waals surface area contributed by atoms with Crippen molar-refractivity contribution in [2.45, 2.75) is 43.9 Å². The van der Waals surface area contributed by atoms with Crippen LogP contribution in [0.2, 0.25) is 5.02 Å². The van der Waals surface area contributed by atoms with E-state index in [1.807, 2.05) is 13.1 Å². The van der Waals surface area contributed by atoms with Gasteiger partial charge in [0.15, 0.2) is 5.96 Å². The van der Waals surface area contributed by atoms with Crippen LogP contribution in [0.25, 0.3) is 0 Å². The predicted molar refractivity (Wildman–Crippen MR) is 123 cm³/mol. The largest absolute Gasteiger partial charge is 0.373 e. The lowest BCUT2D eigenvalue weighted by Gasteiger charge is -2.40. The fraction of sp³-hybridized carbons (Fsp3) is 0.696. The van der Waals surface area contributed by atoms with Gasteiger partial charge in [0, 0.05) is 43.8 Å². The van der Waals surface area contributed by atoms with Crippen molar-refractivity contribution in [3.05, 3.63) is 34.9 Å². The summed E-state index contributed by atoms with van der Waals surface area (Å²) in [4.78, 5) is 9.49. The van der Waals surface area contributed by atoms with Gasteiger partial charge in [0.2, 0.25) is 0 Å². The molecule has 3 aliphatic rings. The molecular formula is C23H36ClN5O. The number of fused-ring (bicyclic) bond motifs is 1. The molecule has 7 heteroatoms. The van der Waals surface area contributed by atoms with Crippen molar-refractivity contribution >= 4 is 17.6 Å². The number of likely N-dealkylation sites (tertiary alicyclic amines) is 1. The molecule has 1 aromatic rings. The fourth-order valence-electron chi connectivity index (χ4n) is 5.36. The predicted octanol–water partition coefficient (Wildman–Crippen LogP) is 2.75. The summed E-state index contributed by atoms with van der Waals surface area (Å²) in [6.07, 6.45) is 5.25. The summed E-state index contributed by atoms with van der Waals surface area (Å²) in [6.45, 7) is 5.92. The zero-order valence-corrected chi connectivity index (χ0v) is 19.1. The molecule has 2 N–H and O–H groups in total. The Morgan fingerprint density at radius 3 is 2.87 bits per heavy atom. The maximum atomic E-state index is 6.28. The number of aliphatic imine (C=N–C) groups is 1. The van der Waals surface area contributed by atoms with Crippen LogP contribution in [0.1, 0.15) is 37.3 Å². The van der Waals surface area contributed by atoms with Crippen LogP contribution >= 0.6 is 11.6 Å². The molecule has 3 fully saturated rings. The lowest BCUT2D eigenvalue weighted by Crippen LogP contribution is -2.52. The van der Waals surface area contributed by atoms with E-state index < -0.39 is 0 Å². The Labute approximate surface area is 186 Å². The first-order chi connectivity index (χ1) is 14.6. The number of piperidine rings is 1. The number of guanidine groups is 1. The van der Waals surface area contributed by atoms with Gasteiger partial charge in [-0.3, -0.25) is 14.8 Å². The average Bonchev–Trinajstić information content (AvgIpc) is 3.22. The molecule has 0 radical (unpaired) electrons. The van der Waals surface area contributed by atoms with Crippen molar-refractivity contribution in [3.63, 3.8) is 0 Å². The van der Waals surface area contributed by atoms with Crippen LogP contribution in [0.15, 0.2) is 29.3 Å². The second-order valence-electron chi connectivity index (χ2n) is 8.96. The first kappa shape index (κ1) is 21.9. The van der Waals surface area contributed by atoms with E-state index in [1.54, 1.807) is 0 Å². The van der Waals surface area contributed by atoms with Crippen molar-refractivity contribution in [2.24, 2.45) is 10.9 Å². The Balaban J connectivity index is 1.30. The van der Waals surface area contributed by atoms with E-state index in [1.165, 1.54) is 37.8 Å². The van der Waals surface area contributed by atoms with Crippen molar-refractivity contribution in [3.8, 4) is 0 Å². The molecule has 4 unspecified atom stereocenters. The third-order valence-corrected chi connectivity index (χ3v) is 7.15. The summed E-state index contributed by atoms with van der Waals surface area (Å²) in [5.41, 5.74) is 1.30. The minimum Gasteiger partial charge on any atom is -0.373 e. The Hall–Kier alpha value is -1.34. The Kier molecular flexibility index (Phi) is 7.52. The van der Waals surface area contributed by atoms with Crippen LogP contribution < -0.4 is 10.6 Å². The van der Waals surface area contributed by atoms with Gasteiger partial charge in [0.25, 0.3) is 0 Å². The molecule has 0 bridgehead atoms. The summed E-state index contributed by atoms with van der Waals surface area (Å²) < 4.78 is 6.08. The maximum Gasteiger partial charge on any atom is 0.191 e. The second-order valence-corrected chi connectivity index (χ2v) is 9.40. The molecule has 0 aromatic heterocycles. The first-order valence-electron chi connectivity index (χ1n) is 11.4. The summed E-state index contributed by atoms with van der Waals surface area (Å²) in [5, 5.41) is 7.86. The average molecular weight is 434 g/mol. The second kappa shape index (κ2) is 10.3. The summed E-state index contributed by atoms with van der Waals surface area (Å²) >= 11 is 6.28. The number of morpholine rings is 1. The zero-order chi connectivity index (χ0) is 20.9. The van der Waals surface area contributed by atoms with E-state index in [0.717, 1.165) is 43.8 Å². The van der Waals surface area contributed by atoms with E-state index in [4.69, 9.17) is 16.3 Å². The molecule has 0 amide bonds. The van der Waals surface area contributed by atoms with E-state index in [0.29, 0.717) is 18.0 Å². The summed E-state index contributed by atoms with van der Waals surface area (Å²) in [6, 6.07) is 9.33. The van der Waals surface area contributed by atoms with Crippen LogP contribution in [0.5, 0.6) is 0 Å². The SMILES string of the molecule is CN=C(NCC1CN2CCCC2CO1)NCC1CCCN(C)C1c1cccc(Cl)c1. The van der Waals surface area contributed by atoms with Gasteiger partial charge in [-0.05, 0) is 69.4 Å². The standard InChI is InChI=1S/C23H36ClN5O/c1-25-23(27-14-21-15-29-11-5-9-20(29)16-30-21)26-13-18-7-4-10-28(2)22(18)17-6-3-8-19(24)12-17/h3,6,8,12,18,20-22H,4-5,7,9-11,13-16H2,1-2H3,(H2,25,26,27). The van der Waals surface area contributed by atoms with Gasteiger partial charge in [-0.2, -0.15) is 0 Å². The van der Waals surface area contributed by atoms with Crippen molar-refractivity contribution in [2.75, 3.05) is 53.4 Å². The van der Waals surface area contributed by atoms with Gasteiger partial charge in [0.1, 0.15) is 0 Å². The molecule has 30 heavy (non-hydrogen) atoms. The fourth-order valence-corrected chi connectivity index (χ4v) is 5.56. The van der Waals surface area contributed by atoms with Crippen LogP contribution in [-0.2, 0) is 4.74 Å². The van der Waals surface area contributed by atoms with E-state index >= 15 is 0 Å². The molecule has 0 spiro atoms. The number of halogens is 1. The number of benzene rings is 1. The highest BCUT2D eigenvalue weighted by Crippen LogP contribution is 2.35. The monoisotopic (exact) mass is 433 g/mol. The molecule has 6 nitrogen and oxygen atoms in total. The highest BCUT2D eigenvalue weighted by molar-refractivity contribution is 6.30. The molecule has 1 aromatic carbocycles. The molecular weight excluding hydrogens is 398 g/mol. The third kappa shape index (κ3) is 5.28. The Morgan fingerprint density at radius 2 is 2.03 bits per heavy atom. The molecule has 166 valence electrons. The number of hydrogen-bond acceptors (Lipinski definition) is 4. The maximum absolute atomic E-state index is 6.28. The molecule has 0 saturated carbocycles. The lowest BCUT2D eigenvalue weighted by atomic mass is 9.85. The molecule has 4 rings (SSSR count). The normalized spacial score (nSPS) is 30.8. The molecule has 3 saturated heterocycles. The number of rotatable bonds is 5. The van der Waals surface area contributed by atoms with Gasteiger partial charge in [-0.15, -0.1) is 0 Å². The number of nitrogens with one attached hydrogen (secondary N) is 2. The minimum absolute atomic E-state index is 0.234. The van der Waals surface area contributed by atoms with Crippen LogP contribution in [-0.4, -0.2) is 81.3 Å². The van der Waals surface area contributed by atoms with Gasteiger partial charge in [0.05, 0.1) is 12.7 Å². The topological polar surface area (TPSA) is 52.1 Å². The highest BCUT2D eigenvalue weighted by Gasteiger charge is 2.33. The van der Waals surface area contributed by atoms with Crippen LogP contribution in [0.4, 0.5) is 0 Å². The highest BCUT2D eigenvalue weighted by atomic mass is 35.5. The van der Waals surface area contributed by atoms with Crippen molar-refractivity contribution in [1.29, 1.82) is 0 Å². The van der Waals surface area contributed by atoms with Crippen molar-refractivity contribution in [1.82, 2.24) is 20.4 Å². The first-order valence-corrected chi connectivity index (χ1v) is 11.8. The van der Waals surface area contributed by atoms with E-state index in [-0.39, 0.29) is 6.10 Å².